The number of benzene rings is 3. The molecule has 0 spiro atoms. The molecule has 1 saturated heterocycles. The van der Waals surface area contributed by atoms with Gasteiger partial charge in [0, 0.05) is 11.3 Å². The van der Waals surface area contributed by atoms with Gasteiger partial charge in [-0.2, -0.15) is 0 Å². The number of para-hydroxylation sites is 1. The molecule has 0 saturated carbocycles. The molecule has 1 amide bonds. The molecule has 0 radical (unpaired) electrons. The Hall–Kier alpha value is -3.64. The average Bonchev–Trinajstić information content (AvgIpc) is 3.05. The molecule has 1 unspecified atom stereocenters. The number of aliphatic hydroxyl groups is 1. The third kappa shape index (κ3) is 3.66. The SMILES string of the molecule is COc1ccc(/C(O)=C2/C(=O)C(=O)N(c3ccccc3)C2c2ccc(F)cc2)cc1Cl. The lowest BCUT2D eigenvalue weighted by Gasteiger charge is -2.25. The third-order valence-corrected chi connectivity index (χ3v) is 5.39. The van der Waals surface area contributed by atoms with E-state index >= 15 is 0 Å². The standard InChI is InChI=1S/C24H17ClFNO4/c1-31-19-12-9-15(13-18(19)25)22(28)20-21(14-7-10-16(26)11-8-14)27(24(30)23(20)29)17-5-3-2-4-6-17/h2-13,21,28H,1H3/b22-20-. The lowest BCUT2D eigenvalue weighted by Crippen LogP contribution is -2.29. The molecule has 0 aliphatic carbocycles. The summed E-state index contributed by atoms with van der Waals surface area (Å²) in [5, 5.41) is 11.3. The van der Waals surface area contributed by atoms with Crippen molar-refractivity contribution in [2.24, 2.45) is 0 Å². The zero-order chi connectivity index (χ0) is 22.1. The van der Waals surface area contributed by atoms with Crippen LogP contribution >= 0.6 is 11.6 Å². The number of hydrogen-bond acceptors (Lipinski definition) is 4. The first-order chi connectivity index (χ1) is 14.9. The maximum absolute atomic E-state index is 13.5. The van der Waals surface area contributed by atoms with Crippen LogP contribution in [0.4, 0.5) is 10.1 Å². The number of aliphatic hydroxyl groups excluding tert-OH is 1. The number of hydrogen-bond donors (Lipinski definition) is 1. The Morgan fingerprint density at radius 3 is 2.32 bits per heavy atom. The van der Waals surface area contributed by atoms with Crippen molar-refractivity contribution in [2.75, 3.05) is 12.0 Å². The molecule has 31 heavy (non-hydrogen) atoms. The van der Waals surface area contributed by atoms with Crippen molar-refractivity contribution in [1.82, 2.24) is 0 Å². The summed E-state index contributed by atoms with van der Waals surface area (Å²) in [4.78, 5) is 27.3. The highest BCUT2D eigenvalue weighted by atomic mass is 35.5. The first kappa shape index (κ1) is 20.6. The van der Waals surface area contributed by atoms with Crippen LogP contribution in [0.3, 0.4) is 0 Å². The summed E-state index contributed by atoms with van der Waals surface area (Å²) in [6, 6.07) is 17.7. The van der Waals surface area contributed by atoms with E-state index in [1.165, 1.54) is 48.4 Å². The number of ketones is 1. The number of carbonyl (C=O) groups is 2. The number of nitrogens with zero attached hydrogens (tertiary/aromatic N) is 1. The number of methoxy groups -OCH3 is 1. The summed E-state index contributed by atoms with van der Waals surface area (Å²) in [6.45, 7) is 0. The molecule has 0 aromatic heterocycles. The topological polar surface area (TPSA) is 66.8 Å². The molecule has 4 rings (SSSR count). The van der Waals surface area contributed by atoms with Gasteiger partial charge in [0.1, 0.15) is 17.3 Å². The van der Waals surface area contributed by atoms with E-state index in [2.05, 4.69) is 0 Å². The highest BCUT2D eigenvalue weighted by molar-refractivity contribution is 6.51. The number of amides is 1. The molecule has 1 fully saturated rings. The molecular weight excluding hydrogens is 421 g/mol. The Morgan fingerprint density at radius 1 is 1.03 bits per heavy atom. The van der Waals surface area contributed by atoms with Gasteiger partial charge in [-0.15, -0.1) is 0 Å². The normalized spacial score (nSPS) is 17.8. The van der Waals surface area contributed by atoms with Crippen LogP contribution in [-0.4, -0.2) is 23.9 Å². The van der Waals surface area contributed by atoms with Gasteiger partial charge >= 0.3 is 0 Å². The van der Waals surface area contributed by atoms with Gasteiger partial charge in [0.05, 0.1) is 23.7 Å². The number of ether oxygens (including phenoxy) is 1. The maximum Gasteiger partial charge on any atom is 0.300 e. The van der Waals surface area contributed by atoms with E-state index in [1.54, 1.807) is 36.4 Å². The molecule has 3 aromatic rings. The summed E-state index contributed by atoms with van der Waals surface area (Å²) in [5.41, 5.74) is 1.10. The van der Waals surface area contributed by atoms with Crippen LogP contribution in [0.2, 0.25) is 5.02 Å². The predicted molar refractivity (Wildman–Crippen MR) is 116 cm³/mol. The molecule has 1 atom stereocenters. The van der Waals surface area contributed by atoms with Gasteiger partial charge in [-0.05, 0) is 48.0 Å². The second-order valence-electron chi connectivity index (χ2n) is 6.91. The fraction of sp³-hybridized carbons (Fsp3) is 0.0833. The van der Waals surface area contributed by atoms with E-state index in [9.17, 15) is 19.1 Å². The minimum absolute atomic E-state index is 0.110. The van der Waals surface area contributed by atoms with Crippen LogP contribution in [0.1, 0.15) is 17.2 Å². The van der Waals surface area contributed by atoms with Crippen molar-refractivity contribution in [3.63, 3.8) is 0 Å². The summed E-state index contributed by atoms with van der Waals surface area (Å²) in [7, 11) is 1.46. The zero-order valence-electron chi connectivity index (χ0n) is 16.4. The summed E-state index contributed by atoms with van der Waals surface area (Å²) in [5.74, 6) is -2.07. The van der Waals surface area contributed by atoms with E-state index in [4.69, 9.17) is 16.3 Å². The van der Waals surface area contributed by atoms with Crippen LogP contribution < -0.4 is 9.64 Å². The summed E-state index contributed by atoms with van der Waals surface area (Å²) in [6.07, 6.45) is 0. The quantitative estimate of drug-likeness (QED) is 0.350. The van der Waals surface area contributed by atoms with Crippen molar-refractivity contribution >= 4 is 34.7 Å². The fourth-order valence-corrected chi connectivity index (χ4v) is 3.87. The fourth-order valence-electron chi connectivity index (χ4n) is 3.62. The molecule has 5 nitrogen and oxygen atoms in total. The van der Waals surface area contributed by atoms with Gasteiger partial charge in [0.25, 0.3) is 11.7 Å². The van der Waals surface area contributed by atoms with Crippen molar-refractivity contribution in [3.05, 3.63) is 100 Å². The molecule has 1 aliphatic rings. The van der Waals surface area contributed by atoms with Crippen molar-refractivity contribution in [3.8, 4) is 5.75 Å². The van der Waals surface area contributed by atoms with Crippen LogP contribution in [-0.2, 0) is 9.59 Å². The highest BCUT2D eigenvalue weighted by Crippen LogP contribution is 2.42. The second-order valence-corrected chi connectivity index (χ2v) is 7.31. The second kappa shape index (κ2) is 8.24. The van der Waals surface area contributed by atoms with Gasteiger partial charge < -0.3 is 9.84 Å². The Morgan fingerprint density at radius 2 is 1.71 bits per heavy atom. The average molecular weight is 438 g/mol. The summed E-state index contributed by atoms with van der Waals surface area (Å²) < 4.78 is 18.7. The zero-order valence-corrected chi connectivity index (χ0v) is 17.1. The van der Waals surface area contributed by atoms with Gasteiger partial charge in [0.15, 0.2) is 0 Å². The molecular formula is C24H17ClFNO4. The third-order valence-electron chi connectivity index (χ3n) is 5.09. The first-order valence-corrected chi connectivity index (χ1v) is 9.75. The Kier molecular flexibility index (Phi) is 5.48. The Labute approximate surface area is 182 Å². The van der Waals surface area contributed by atoms with Crippen molar-refractivity contribution < 1.29 is 23.8 Å². The first-order valence-electron chi connectivity index (χ1n) is 9.38. The van der Waals surface area contributed by atoms with E-state index in [1.807, 2.05) is 0 Å². The molecule has 156 valence electrons. The van der Waals surface area contributed by atoms with Crippen LogP contribution in [0.25, 0.3) is 5.76 Å². The minimum Gasteiger partial charge on any atom is -0.507 e. The smallest absolute Gasteiger partial charge is 0.300 e. The van der Waals surface area contributed by atoms with E-state index in [-0.39, 0.29) is 21.9 Å². The predicted octanol–water partition coefficient (Wildman–Crippen LogP) is 5.11. The van der Waals surface area contributed by atoms with Gasteiger partial charge in [0.2, 0.25) is 0 Å². The van der Waals surface area contributed by atoms with Gasteiger partial charge in [-0.25, -0.2) is 4.39 Å². The number of halogens is 2. The largest absolute Gasteiger partial charge is 0.507 e. The Bertz CT molecular complexity index is 1190. The van der Waals surface area contributed by atoms with Gasteiger partial charge in [-0.1, -0.05) is 41.9 Å². The number of rotatable bonds is 4. The molecule has 1 aliphatic heterocycles. The molecule has 3 aromatic carbocycles. The minimum atomic E-state index is -0.941. The van der Waals surface area contributed by atoms with Crippen LogP contribution in [0.5, 0.6) is 5.75 Å². The maximum atomic E-state index is 13.5. The molecule has 0 bridgehead atoms. The van der Waals surface area contributed by atoms with Gasteiger partial charge in [-0.3, -0.25) is 14.5 Å². The number of Topliss-reactive ketones (excluding diaryl/α,β-unsaturated/α-hetero) is 1. The van der Waals surface area contributed by atoms with Crippen LogP contribution in [0.15, 0.2) is 78.4 Å². The monoisotopic (exact) mass is 437 g/mol. The number of carbonyl (C=O) groups excluding carboxylic acids is 2. The lowest BCUT2D eigenvalue weighted by molar-refractivity contribution is -0.132. The van der Waals surface area contributed by atoms with E-state index < -0.39 is 23.5 Å². The van der Waals surface area contributed by atoms with E-state index in [0.717, 1.165) is 0 Å². The number of anilines is 1. The van der Waals surface area contributed by atoms with Crippen molar-refractivity contribution in [1.29, 1.82) is 0 Å². The van der Waals surface area contributed by atoms with E-state index in [0.29, 0.717) is 17.0 Å². The molecule has 1 heterocycles. The highest BCUT2D eigenvalue weighted by Gasteiger charge is 2.46. The lowest BCUT2D eigenvalue weighted by atomic mass is 9.95. The summed E-state index contributed by atoms with van der Waals surface area (Å²) >= 11 is 6.18. The van der Waals surface area contributed by atoms with Crippen molar-refractivity contribution in [2.45, 2.75) is 6.04 Å². The molecule has 7 heteroatoms. The van der Waals surface area contributed by atoms with Crippen LogP contribution in [0, 0.1) is 5.82 Å². The molecule has 1 N–H and O–H groups in total. The Balaban J connectivity index is 1.93.